The SMILES string of the molecule is CCOC(=O)c1ccc(-c2ccc(CN3CCCCCC3)s2)cc1. The van der Waals surface area contributed by atoms with Gasteiger partial charge in [0.2, 0.25) is 0 Å². The van der Waals surface area contributed by atoms with Gasteiger partial charge in [0.05, 0.1) is 12.2 Å². The molecule has 0 saturated carbocycles. The summed E-state index contributed by atoms with van der Waals surface area (Å²) >= 11 is 1.85. The minimum atomic E-state index is -0.253. The summed E-state index contributed by atoms with van der Waals surface area (Å²) in [6.07, 6.45) is 5.40. The largest absolute Gasteiger partial charge is 0.462 e. The van der Waals surface area contributed by atoms with E-state index in [-0.39, 0.29) is 5.97 Å². The molecule has 2 aromatic rings. The highest BCUT2D eigenvalue weighted by Gasteiger charge is 2.12. The van der Waals surface area contributed by atoms with Crippen LogP contribution in [-0.2, 0) is 11.3 Å². The molecule has 0 bridgehead atoms. The zero-order valence-corrected chi connectivity index (χ0v) is 15.1. The number of rotatable bonds is 5. The first kappa shape index (κ1) is 17.2. The minimum absolute atomic E-state index is 0.253. The van der Waals surface area contributed by atoms with Crippen LogP contribution in [0.3, 0.4) is 0 Å². The first-order valence-corrected chi connectivity index (χ1v) is 9.66. The lowest BCUT2D eigenvalue weighted by atomic mass is 10.1. The van der Waals surface area contributed by atoms with E-state index in [0.717, 1.165) is 12.1 Å². The fourth-order valence-corrected chi connectivity index (χ4v) is 4.17. The van der Waals surface area contributed by atoms with Crippen molar-refractivity contribution in [3.05, 3.63) is 46.8 Å². The van der Waals surface area contributed by atoms with Crippen molar-refractivity contribution in [2.45, 2.75) is 39.2 Å². The number of carbonyl (C=O) groups is 1. The van der Waals surface area contributed by atoms with Crippen LogP contribution in [0.5, 0.6) is 0 Å². The topological polar surface area (TPSA) is 29.5 Å². The van der Waals surface area contributed by atoms with Crippen LogP contribution >= 0.6 is 11.3 Å². The normalized spacial score (nSPS) is 15.9. The zero-order chi connectivity index (χ0) is 16.8. The number of likely N-dealkylation sites (tertiary alicyclic amines) is 1. The van der Waals surface area contributed by atoms with Gasteiger partial charge in [-0.3, -0.25) is 4.90 Å². The molecule has 3 rings (SSSR count). The first-order chi connectivity index (χ1) is 11.8. The molecule has 0 spiro atoms. The second-order valence-electron chi connectivity index (χ2n) is 6.25. The van der Waals surface area contributed by atoms with Gasteiger partial charge >= 0.3 is 5.97 Å². The quantitative estimate of drug-likeness (QED) is 0.718. The Morgan fingerprint density at radius 2 is 1.75 bits per heavy atom. The van der Waals surface area contributed by atoms with Crippen molar-refractivity contribution < 1.29 is 9.53 Å². The Morgan fingerprint density at radius 3 is 2.42 bits per heavy atom. The molecule has 0 radical (unpaired) electrons. The third-order valence-corrected chi connectivity index (χ3v) is 5.54. The van der Waals surface area contributed by atoms with Gasteiger partial charge in [-0.25, -0.2) is 4.79 Å². The van der Waals surface area contributed by atoms with E-state index in [0.29, 0.717) is 12.2 Å². The maximum absolute atomic E-state index is 11.7. The molecule has 0 atom stereocenters. The molecular formula is C20H25NO2S. The second-order valence-corrected chi connectivity index (χ2v) is 7.42. The molecule has 1 aliphatic rings. The summed E-state index contributed by atoms with van der Waals surface area (Å²) in [5, 5.41) is 0. The van der Waals surface area contributed by atoms with E-state index in [2.05, 4.69) is 17.0 Å². The van der Waals surface area contributed by atoms with Gasteiger partial charge in [0, 0.05) is 16.3 Å². The van der Waals surface area contributed by atoms with Crippen LogP contribution in [0.15, 0.2) is 36.4 Å². The molecule has 0 amide bonds. The number of benzene rings is 1. The summed E-state index contributed by atoms with van der Waals surface area (Å²) in [5.74, 6) is -0.253. The van der Waals surface area contributed by atoms with Gasteiger partial charge in [0.1, 0.15) is 0 Å². The number of thiophene rings is 1. The lowest BCUT2D eigenvalue weighted by Gasteiger charge is -2.18. The Kier molecular flexibility index (Phi) is 6.05. The molecule has 1 fully saturated rings. The smallest absolute Gasteiger partial charge is 0.338 e. The summed E-state index contributed by atoms with van der Waals surface area (Å²) in [7, 11) is 0. The highest BCUT2D eigenvalue weighted by Crippen LogP contribution is 2.29. The Bertz CT molecular complexity index is 655. The average molecular weight is 343 g/mol. The maximum Gasteiger partial charge on any atom is 0.338 e. The molecule has 1 aromatic carbocycles. The van der Waals surface area contributed by atoms with Crippen LogP contribution in [0.1, 0.15) is 47.8 Å². The van der Waals surface area contributed by atoms with Gasteiger partial charge in [0.15, 0.2) is 0 Å². The summed E-state index contributed by atoms with van der Waals surface area (Å²) in [6.45, 7) is 5.74. The average Bonchev–Trinajstić information content (AvgIpc) is 2.91. The fourth-order valence-electron chi connectivity index (χ4n) is 3.12. The zero-order valence-electron chi connectivity index (χ0n) is 14.3. The third kappa shape index (κ3) is 4.46. The van der Waals surface area contributed by atoms with E-state index < -0.39 is 0 Å². The Labute approximate surface area is 148 Å². The molecule has 0 unspecified atom stereocenters. The van der Waals surface area contributed by atoms with Gasteiger partial charge in [-0.05, 0) is 62.7 Å². The highest BCUT2D eigenvalue weighted by atomic mass is 32.1. The van der Waals surface area contributed by atoms with E-state index in [1.807, 2.05) is 42.5 Å². The molecule has 1 aromatic heterocycles. The van der Waals surface area contributed by atoms with E-state index in [1.165, 1.54) is 48.5 Å². The van der Waals surface area contributed by atoms with Crippen molar-refractivity contribution >= 4 is 17.3 Å². The molecule has 24 heavy (non-hydrogen) atoms. The molecule has 0 N–H and O–H groups in total. The maximum atomic E-state index is 11.7. The van der Waals surface area contributed by atoms with Crippen molar-refractivity contribution in [3.8, 4) is 10.4 Å². The monoisotopic (exact) mass is 343 g/mol. The van der Waals surface area contributed by atoms with Crippen LogP contribution in [0.4, 0.5) is 0 Å². The Hall–Kier alpha value is -1.65. The number of esters is 1. The molecule has 2 heterocycles. The number of hydrogen-bond acceptors (Lipinski definition) is 4. The van der Waals surface area contributed by atoms with E-state index in [4.69, 9.17) is 4.74 Å². The summed E-state index contributed by atoms with van der Waals surface area (Å²) in [4.78, 5) is 17.0. The predicted molar refractivity (Wildman–Crippen MR) is 99.5 cm³/mol. The molecule has 4 heteroatoms. The molecular weight excluding hydrogens is 318 g/mol. The van der Waals surface area contributed by atoms with Crippen LogP contribution < -0.4 is 0 Å². The van der Waals surface area contributed by atoms with Crippen molar-refractivity contribution in [3.63, 3.8) is 0 Å². The van der Waals surface area contributed by atoms with Gasteiger partial charge in [-0.15, -0.1) is 11.3 Å². The number of hydrogen-bond donors (Lipinski definition) is 0. The molecule has 1 aliphatic heterocycles. The predicted octanol–water partition coefficient (Wildman–Crippen LogP) is 4.97. The van der Waals surface area contributed by atoms with E-state index >= 15 is 0 Å². The van der Waals surface area contributed by atoms with Crippen molar-refractivity contribution in [1.82, 2.24) is 4.90 Å². The lowest BCUT2D eigenvalue weighted by Crippen LogP contribution is -2.23. The van der Waals surface area contributed by atoms with Gasteiger partial charge < -0.3 is 4.74 Å². The standard InChI is InChI=1S/C20H25NO2S/c1-2-23-20(22)17-9-7-16(8-10-17)19-12-11-18(24-19)15-21-13-5-3-4-6-14-21/h7-12H,2-6,13-15H2,1H3. The van der Waals surface area contributed by atoms with Gasteiger partial charge in [-0.2, -0.15) is 0 Å². The third-order valence-electron chi connectivity index (χ3n) is 4.42. The van der Waals surface area contributed by atoms with Crippen molar-refractivity contribution in [1.29, 1.82) is 0 Å². The fraction of sp³-hybridized carbons (Fsp3) is 0.450. The number of carbonyl (C=O) groups excluding carboxylic acids is 1. The van der Waals surface area contributed by atoms with Crippen LogP contribution in [0.2, 0.25) is 0 Å². The second kappa shape index (κ2) is 8.45. The van der Waals surface area contributed by atoms with Crippen LogP contribution in [0, 0.1) is 0 Å². The van der Waals surface area contributed by atoms with Crippen LogP contribution in [0.25, 0.3) is 10.4 Å². The number of ether oxygens (including phenoxy) is 1. The van der Waals surface area contributed by atoms with Crippen LogP contribution in [-0.4, -0.2) is 30.6 Å². The molecule has 0 aliphatic carbocycles. The van der Waals surface area contributed by atoms with Gasteiger partial charge in [0.25, 0.3) is 0 Å². The Balaban J connectivity index is 1.65. The van der Waals surface area contributed by atoms with Gasteiger partial charge in [-0.1, -0.05) is 25.0 Å². The van der Waals surface area contributed by atoms with E-state index in [1.54, 1.807) is 0 Å². The highest BCUT2D eigenvalue weighted by molar-refractivity contribution is 7.15. The molecule has 1 saturated heterocycles. The molecule has 3 nitrogen and oxygen atoms in total. The summed E-state index contributed by atoms with van der Waals surface area (Å²) < 4.78 is 5.03. The van der Waals surface area contributed by atoms with Crippen molar-refractivity contribution in [2.24, 2.45) is 0 Å². The van der Waals surface area contributed by atoms with Crippen molar-refractivity contribution in [2.75, 3.05) is 19.7 Å². The first-order valence-electron chi connectivity index (χ1n) is 8.85. The molecule has 128 valence electrons. The lowest BCUT2D eigenvalue weighted by molar-refractivity contribution is 0.0526. The summed E-state index contributed by atoms with van der Waals surface area (Å²) in [5.41, 5.74) is 1.78. The Morgan fingerprint density at radius 1 is 1.04 bits per heavy atom. The number of nitrogens with zero attached hydrogens (tertiary/aromatic N) is 1. The van der Waals surface area contributed by atoms with E-state index in [9.17, 15) is 4.79 Å². The summed E-state index contributed by atoms with van der Waals surface area (Å²) in [6, 6.07) is 12.1. The minimum Gasteiger partial charge on any atom is -0.462 e.